The minimum atomic E-state index is -0.441. The minimum Gasteiger partial charge on any atom is -0.486 e. The van der Waals surface area contributed by atoms with E-state index in [1.807, 2.05) is 5.43 Å². The summed E-state index contributed by atoms with van der Waals surface area (Å²) in [4.78, 5) is 21.9. The van der Waals surface area contributed by atoms with Gasteiger partial charge in [0.1, 0.15) is 18.6 Å². The van der Waals surface area contributed by atoms with Crippen LogP contribution in [-0.4, -0.2) is 12.2 Å². The highest BCUT2D eigenvalue weighted by atomic mass is 16.5. The smallest absolute Gasteiger partial charge is 0.268 e. The van der Waals surface area contributed by atoms with Crippen LogP contribution in [0.1, 0.15) is 26.5 Å². The Morgan fingerprint density at radius 3 is 2.68 bits per heavy atom. The Kier molecular flexibility index (Phi) is 3.94. The third-order valence-corrected chi connectivity index (χ3v) is 2.51. The molecule has 0 radical (unpaired) electrons. The largest absolute Gasteiger partial charge is 0.486 e. The zero-order chi connectivity index (χ0) is 13.7. The summed E-state index contributed by atoms with van der Waals surface area (Å²) in [5, 5.41) is 0. The van der Waals surface area contributed by atoms with Gasteiger partial charge in [0.2, 0.25) is 0 Å². The zero-order valence-electron chi connectivity index (χ0n) is 9.96. The second kappa shape index (κ2) is 5.83. The summed E-state index contributed by atoms with van der Waals surface area (Å²) in [5.74, 6) is 5.56. The quantitative estimate of drug-likeness (QED) is 0.365. The normalized spacial score (nSPS) is 9.95. The molecule has 0 bridgehead atoms. The molecule has 19 heavy (non-hydrogen) atoms. The number of hydrazine groups is 1. The van der Waals surface area contributed by atoms with Crippen LogP contribution in [0.4, 0.5) is 0 Å². The molecule has 6 heteroatoms. The van der Waals surface area contributed by atoms with Crippen LogP contribution < -0.4 is 16.0 Å². The summed E-state index contributed by atoms with van der Waals surface area (Å²) in [6, 6.07) is 8.11. The topological polar surface area (TPSA) is 94.6 Å². The standard InChI is InChI=1S/C13H12N2O4/c14-15-13(17)11-5-6-18-12(11)8-19-10-3-1-9(7-16)2-4-10/h1-7H,8,14H2,(H,15,17). The van der Waals surface area contributed by atoms with Gasteiger partial charge in [0, 0.05) is 5.56 Å². The van der Waals surface area contributed by atoms with Crippen molar-refractivity contribution in [1.29, 1.82) is 0 Å². The van der Waals surface area contributed by atoms with Crippen molar-refractivity contribution in [3.63, 3.8) is 0 Å². The number of benzene rings is 1. The van der Waals surface area contributed by atoms with Crippen LogP contribution in [0.5, 0.6) is 5.75 Å². The van der Waals surface area contributed by atoms with E-state index in [1.54, 1.807) is 24.3 Å². The van der Waals surface area contributed by atoms with Crippen LogP contribution in [0, 0.1) is 0 Å². The van der Waals surface area contributed by atoms with Crippen molar-refractivity contribution in [1.82, 2.24) is 5.43 Å². The number of carbonyl (C=O) groups excluding carboxylic acids is 2. The number of hydrogen-bond donors (Lipinski definition) is 2. The minimum absolute atomic E-state index is 0.0934. The predicted octanol–water partition coefficient (Wildman–Crippen LogP) is 1.27. The van der Waals surface area contributed by atoms with Gasteiger partial charge in [0.05, 0.1) is 11.8 Å². The summed E-state index contributed by atoms with van der Waals surface area (Å²) in [6.07, 6.45) is 2.14. The Morgan fingerprint density at radius 1 is 1.32 bits per heavy atom. The molecule has 1 aromatic carbocycles. The lowest BCUT2D eigenvalue weighted by Crippen LogP contribution is -2.30. The second-order valence-corrected chi connectivity index (χ2v) is 3.71. The number of nitrogen functional groups attached to an aromatic ring is 1. The number of aldehydes is 1. The Balaban J connectivity index is 2.04. The van der Waals surface area contributed by atoms with Crippen molar-refractivity contribution in [2.24, 2.45) is 5.84 Å². The fraction of sp³-hybridized carbons (Fsp3) is 0.0769. The van der Waals surface area contributed by atoms with Crippen molar-refractivity contribution >= 4 is 12.2 Å². The van der Waals surface area contributed by atoms with Gasteiger partial charge >= 0.3 is 0 Å². The van der Waals surface area contributed by atoms with E-state index in [0.717, 1.165) is 6.29 Å². The maximum absolute atomic E-state index is 11.4. The fourth-order valence-corrected chi connectivity index (χ4v) is 1.52. The Morgan fingerprint density at radius 2 is 2.05 bits per heavy atom. The van der Waals surface area contributed by atoms with Gasteiger partial charge in [-0.3, -0.25) is 15.0 Å². The first kappa shape index (κ1) is 12.8. The number of nitrogens with one attached hydrogen (secondary N) is 1. The van der Waals surface area contributed by atoms with E-state index in [2.05, 4.69) is 0 Å². The lowest BCUT2D eigenvalue weighted by molar-refractivity contribution is 0.0949. The summed E-state index contributed by atoms with van der Waals surface area (Å²) < 4.78 is 10.6. The number of furan rings is 1. The van der Waals surface area contributed by atoms with E-state index in [4.69, 9.17) is 15.0 Å². The monoisotopic (exact) mass is 260 g/mol. The maximum atomic E-state index is 11.4. The van der Waals surface area contributed by atoms with Crippen LogP contribution in [0.2, 0.25) is 0 Å². The second-order valence-electron chi connectivity index (χ2n) is 3.71. The molecule has 2 aromatic rings. The third-order valence-electron chi connectivity index (χ3n) is 2.51. The number of ether oxygens (including phenoxy) is 1. The molecule has 3 N–H and O–H groups in total. The van der Waals surface area contributed by atoms with E-state index in [1.165, 1.54) is 12.3 Å². The van der Waals surface area contributed by atoms with Gasteiger partial charge in [0.15, 0.2) is 5.76 Å². The van der Waals surface area contributed by atoms with Gasteiger partial charge in [-0.25, -0.2) is 5.84 Å². The lowest BCUT2D eigenvalue weighted by atomic mass is 10.2. The van der Waals surface area contributed by atoms with Gasteiger partial charge < -0.3 is 9.15 Å². The maximum Gasteiger partial charge on any atom is 0.268 e. The van der Waals surface area contributed by atoms with Crippen LogP contribution in [0.25, 0.3) is 0 Å². The van der Waals surface area contributed by atoms with Crippen LogP contribution in [0.3, 0.4) is 0 Å². The number of rotatable bonds is 5. The van der Waals surface area contributed by atoms with E-state index in [-0.39, 0.29) is 6.61 Å². The van der Waals surface area contributed by atoms with Gasteiger partial charge in [-0.2, -0.15) is 0 Å². The highest BCUT2D eigenvalue weighted by molar-refractivity contribution is 5.94. The number of carbonyl (C=O) groups is 2. The molecule has 0 saturated heterocycles. The third kappa shape index (κ3) is 2.99. The molecule has 1 aromatic heterocycles. The van der Waals surface area contributed by atoms with Crippen LogP contribution >= 0.6 is 0 Å². The molecule has 0 aliphatic heterocycles. The first-order valence-electron chi connectivity index (χ1n) is 5.50. The summed E-state index contributed by atoms with van der Waals surface area (Å²) in [6.45, 7) is 0.0934. The summed E-state index contributed by atoms with van der Waals surface area (Å²) >= 11 is 0. The van der Waals surface area contributed by atoms with Crippen LogP contribution in [0.15, 0.2) is 41.0 Å². The first-order valence-corrected chi connectivity index (χ1v) is 5.50. The Hall–Kier alpha value is -2.60. The van der Waals surface area contributed by atoms with E-state index in [9.17, 15) is 9.59 Å². The molecule has 1 amide bonds. The van der Waals surface area contributed by atoms with E-state index >= 15 is 0 Å². The first-order chi connectivity index (χ1) is 9.24. The number of nitrogens with two attached hydrogens (primary N) is 1. The van der Waals surface area contributed by atoms with Crippen molar-refractivity contribution in [3.05, 3.63) is 53.5 Å². The Bertz CT molecular complexity index is 575. The molecular formula is C13H12N2O4. The average molecular weight is 260 g/mol. The molecule has 1 heterocycles. The molecule has 6 nitrogen and oxygen atoms in total. The molecule has 0 saturated carbocycles. The molecule has 0 aliphatic carbocycles. The Labute approximate surface area is 109 Å². The fourth-order valence-electron chi connectivity index (χ4n) is 1.52. The van der Waals surface area contributed by atoms with Crippen molar-refractivity contribution in [3.8, 4) is 5.75 Å². The van der Waals surface area contributed by atoms with Crippen LogP contribution in [-0.2, 0) is 6.61 Å². The molecule has 2 rings (SSSR count). The van der Waals surface area contributed by atoms with Gasteiger partial charge in [-0.1, -0.05) is 0 Å². The average Bonchev–Trinajstić information content (AvgIpc) is 2.93. The summed E-state index contributed by atoms with van der Waals surface area (Å²) in [7, 11) is 0. The molecule has 98 valence electrons. The lowest BCUT2D eigenvalue weighted by Gasteiger charge is -2.05. The number of amides is 1. The molecule has 0 atom stereocenters. The van der Waals surface area contributed by atoms with E-state index < -0.39 is 5.91 Å². The van der Waals surface area contributed by atoms with Gasteiger partial charge in [0.25, 0.3) is 5.91 Å². The molecule has 0 aliphatic rings. The van der Waals surface area contributed by atoms with Crippen molar-refractivity contribution in [2.75, 3.05) is 0 Å². The van der Waals surface area contributed by atoms with Crippen molar-refractivity contribution in [2.45, 2.75) is 6.61 Å². The molecular weight excluding hydrogens is 248 g/mol. The summed E-state index contributed by atoms with van der Waals surface area (Å²) in [5.41, 5.74) is 2.92. The highest BCUT2D eigenvalue weighted by Gasteiger charge is 2.13. The van der Waals surface area contributed by atoms with Gasteiger partial charge in [-0.15, -0.1) is 0 Å². The van der Waals surface area contributed by atoms with E-state index in [0.29, 0.717) is 22.6 Å². The molecule has 0 fully saturated rings. The van der Waals surface area contributed by atoms with Crippen molar-refractivity contribution < 1.29 is 18.7 Å². The zero-order valence-corrected chi connectivity index (χ0v) is 9.96. The van der Waals surface area contributed by atoms with Gasteiger partial charge in [-0.05, 0) is 30.3 Å². The molecule has 0 spiro atoms. The highest BCUT2D eigenvalue weighted by Crippen LogP contribution is 2.16. The SMILES string of the molecule is NNC(=O)c1ccoc1COc1ccc(C=O)cc1. The number of hydrogen-bond acceptors (Lipinski definition) is 5. The molecule has 0 unspecified atom stereocenters. The predicted molar refractivity (Wildman–Crippen MR) is 66.5 cm³/mol.